The van der Waals surface area contributed by atoms with E-state index in [2.05, 4.69) is 10.3 Å². The zero-order valence-electron chi connectivity index (χ0n) is 14.3. The zero-order chi connectivity index (χ0) is 17.9. The number of halogens is 1. The predicted molar refractivity (Wildman–Crippen MR) is 95.9 cm³/mol. The van der Waals surface area contributed by atoms with Crippen molar-refractivity contribution in [3.63, 3.8) is 0 Å². The molecule has 1 saturated heterocycles. The number of fused-ring (bicyclic) bond motifs is 1. The number of hydrogen-bond donors (Lipinski definition) is 1. The Hall–Kier alpha value is -2.73. The number of hydrogen-bond acceptors (Lipinski definition) is 3. The first-order valence-corrected chi connectivity index (χ1v) is 8.74. The van der Waals surface area contributed by atoms with Gasteiger partial charge >= 0.3 is 0 Å². The van der Waals surface area contributed by atoms with Gasteiger partial charge in [-0.1, -0.05) is 24.3 Å². The summed E-state index contributed by atoms with van der Waals surface area (Å²) in [7, 11) is 0. The molecule has 0 saturated carbocycles. The molecule has 0 spiro atoms. The summed E-state index contributed by atoms with van der Waals surface area (Å²) in [6.07, 6.45) is 2.50. The number of nitrogens with one attached hydrogen (secondary N) is 1. The largest absolute Gasteiger partial charge is 0.381 e. The van der Waals surface area contributed by atoms with Crippen LogP contribution in [-0.2, 0) is 16.1 Å². The van der Waals surface area contributed by atoms with E-state index < -0.39 is 0 Å². The molecular weight excluding hydrogens is 333 g/mol. The number of para-hydroxylation sites is 2. The van der Waals surface area contributed by atoms with Crippen LogP contribution < -0.4 is 5.32 Å². The van der Waals surface area contributed by atoms with Crippen LogP contribution in [0.4, 0.5) is 4.39 Å². The Morgan fingerprint density at radius 3 is 2.85 bits per heavy atom. The molecule has 1 fully saturated rings. The number of rotatable bonds is 5. The molecule has 2 aromatic carbocycles. The summed E-state index contributed by atoms with van der Waals surface area (Å²) < 4.78 is 20.7. The van der Waals surface area contributed by atoms with Gasteiger partial charge in [-0.25, -0.2) is 9.37 Å². The highest BCUT2D eigenvalue weighted by Gasteiger charge is 2.26. The third-order valence-electron chi connectivity index (χ3n) is 4.80. The SMILES string of the molecule is O=C(N[C@H](Cn1cnc2ccccc21)c1ccc(F)cc1)[C@H]1CCOC1. The molecule has 1 amide bonds. The van der Waals surface area contributed by atoms with E-state index in [1.165, 1.54) is 12.1 Å². The number of benzene rings is 2. The first-order valence-electron chi connectivity index (χ1n) is 8.74. The molecule has 4 rings (SSSR count). The molecule has 1 aliphatic rings. The molecule has 2 heterocycles. The van der Waals surface area contributed by atoms with Gasteiger partial charge in [-0.15, -0.1) is 0 Å². The van der Waals surface area contributed by atoms with Crippen LogP contribution in [-0.4, -0.2) is 28.7 Å². The number of aromatic nitrogens is 2. The molecule has 0 radical (unpaired) electrons. The fourth-order valence-electron chi connectivity index (χ4n) is 3.31. The van der Waals surface area contributed by atoms with Gasteiger partial charge in [-0.3, -0.25) is 4.79 Å². The van der Waals surface area contributed by atoms with Gasteiger partial charge in [0, 0.05) is 13.2 Å². The smallest absolute Gasteiger partial charge is 0.226 e. The summed E-state index contributed by atoms with van der Waals surface area (Å²) in [4.78, 5) is 17.0. The summed E-state index contributed by atoms with van der Waals surface area (Å²) >= 11 is 0. The standard InChI is InChI=1S/C20H20FN3O2/c21-16-7-5-14(6-8-16)18(23-20(25)15-9-10-26-12-15)11-24-13-22-17-3-1-2-4-19(17)24/h1-8,13,15,18H,9-12H2,(H,23,25)/t15-,18+/m0/s1. The lowest BCUT2D eigenvalue weighted by molar-refractivity contribution is -0.125. The minimum Gasteiger partial charge on any atom is -0.381 e. The molecule has 3 aromatic rings. The number of amides is 1. The molecule has 1 N–H and O–H groups in total. The fraction of sp³-hybridized carbons (Fsp3) is 0.300. The van der Waals surface area contributed by atoms with E-state index in [1.54, 1.807) is 18.5 Å². The number of carbonyl (C=O) groups is 1. The van der Waals surface area contributed by atoms with Crippen LogP contribution in [0.2, 0.25) is 0 Å². The molecule has 0 unspecified atom stereocenters. The minimum absolute atomic E-state index is 0.0266. The Morgan fingerprint density at radius 1 is 1.27 bits per heavy atom. The molecule has 6 heteroatoms. The van der Waals surface area contributed by atoms with Crippen molar-refractivity contribution in [3.8, 4) is 0 Å². The third-order valence-corrected chi connectivity index (χ3v) is 4.80. The molecule has 134 valence electrons. The second-order valence-corrected chi connectivity index (χ2v) is 6.56. The fourth-order valence-corrected chi connectivity index (χ4v) is 3.31. The van der Waals surface area contributed by atoms with Gasteiger partial charge in [0.15, 0.2) is 0 Å². The van der Waals surface area contributed by atoms with E-state index in [4.69, 9.17) is 4.74 Å². The summed E-state index contributed by atoms with van der Waals surface area (Å²) in [5.41, 5.74) is 2.76. The second kappa shape index (κ2) is 7.25. The first-order chi connectivity index (χ1) is 12.7. The van der Waals surface area contributed by atoms with Crippen LogP contribution in [0, 0.1) is 11.7 Å². The van der Waals surface area contributed by atoms with Gasteiger partial charge in [0.25, 0.3) is 0 Å². The van der Waals surface area contributed by atoms with Crippen molar-refractivity contribution in [1.82, 2.24) is 14.9 Å². The maximum absolute atomic E-state index is 13.3. The van der Waals surface area contributed by atoms with Crippen LogP contribution in [0.15, 0.2) is 54.9 Å². The first kappa shape index (κ1) is 16.7. The second-order valence-electron chi connectivity index (χ2n) is 6.56. The van der Waals surface area contributed by atoms with Gasteiger partial charge in [0.1, 0.15) is 5.82 Å². The molecule has 0 aliphatic carbocycles. The molecular formula is C20H20FN3O2. The van der Waals surface area contributed by atoms with Crippen LogP contribution in [0.1, 0.15) is 18.0 Å². The normalized spacial score (nSPS) is 18.1. The maximum atomic E-state index is 13.3. The molecule has 5 nitrogen and oxygen atoms in total. The Bertz CT molecular complexity index is 901. The van der Waals surface area contributed by atoms with Crippen molar-refractivity contribution in [2.24, 2.45) is 5.92 Å². The van der Waals surface area contributed by atoms with Gasteiger partial charge in [-0.05, 0) is 36.2 Å². The van der Waals surface area contributed by atoms with Crippen LogP contribution in [0.5, 0.6) is 0 Å². The average Bonchev–Trinajstić information content (AvgIpc) is 3.32. The third kappa shape index (κ3) is 3.46. The summed E-state index contributed by atoms with van der Waals surface area (Å²) in [5.74, 6) is -0.449. The van der Waals surface area contributed by atoms with E-state index in [0.717, 1.165) is 23.0 Å². The lowest BCUT2D eigenvalue weighted by atomic mass is 10.0. The topological polar surface area (TPSA) is 56.2 Å². The maximum Gasteiger partial charge on any atom is 0.226 e. The van der Waals surface area contributed by atoms with E-state index in [9.17, 15) is 9.18 Å². The van der Waals surface area contributed by atoms with E-state index in [-0.39, 0.29) is 23.7 Å². The van der Waals surface area contributed by atoms with Gasteiger partial charge in [-0.2, -0.15) is 0 Å². The summed E-state index contributed by atoms with van der Waals surface area (Å²) in [6, 6.07) is 13.8. The monoisotopic (exact) mass is 353 g/mol. The minimum atomic E-state index is -0.295. The van der Waals surface area contributed by atoms with Gasteiger partial charge < -0.3 is 14.6 Å². The van der Waals surface area contributed by atoms with Gasteiger partial charge in [0.05, 0.1) is 35.9 Å². The van der Waals surface area contributed by atoms with Gasteiger partial charge in [0.2, 0.25) is 5.91 Å². The summed E-state index contributed by atoms with van der Waals surface area (Å²) in [6.45, 7) is 1.59. The Balaban J connectivity index is 1.61. The van der Waals surface area contributed by atoms with Crippen LogP contribution >= 0.6 is 0 Å². The van der Waals surface area contributed by atoms with E-state index in [0.29, 0.717) is 19.8 Å². The lowest BCUT2D eigenvalue weighted by Crippen LogP contribution is -2.36. The van der Waals surface area contributed by atoms with Crippen molar-refractivity contribution in [1.29, 1.82) is 0 Å². The quantitative estimate of drug-likeness (QED) is 0.767. The highest BCUT2D eigenvalue weighted by Crippen LogP contribution is 2.21. The van der Waals surface area contributed by atoms with Crippen LogP contribution in [0.25, 0.3) is 11.0 Å². The Kier molecular flexibility index (Phi) is 4.67. The van der Waals surface area contributed by atoms with Crippen molar-refractivity contribution in [2.75, 3.05) is 13.2 Å². The summed E-state index contributed by atoms with van der Waals surface area (Å²) in [5, 5.41) is 3.11. The van der Waals surface area contributed by atoms with Crippen molar-refractivity contribution in [2.45, 2.75) is 19.0 Å². The van der Waals surface area contributed by atoms with E-state index >= 15 is 0 Å². The Labute approximate surface area is 150 Å². The zero-order valence-corrected chi connectivity index (χ0v) is 14.3. The van der Waals surface area contributed by atoms with Crippen molar-refractivity contribution < 1.29 is 13.9 Å². The lowest BCUT2D eigenvalue weighted by Gasteiger charge is -2.22. The number of ether oxygens (including phenoxy) is 1. The molecule has 1 aliphatic heterocycles. The molecule has 1 aromatic heterocycles. The predicted octanol–water partition coefficient (Wildman–Crippen LogP) is 3.07. The molecule has 2 atom stereocenters. The van der Waals surface area contributed by atoms with E-state index in [1.807, 2.05) is 28.8 Å². The number of nitrogens with zero attached hydrogens (tertiary/aromatic N) is 2. The van der Waals surface area contributed by atoms with Crippen molar-refractivity contribution >= 4 is 16.9 Å². The number of imidazole rings is 1. The molecule has 0 bridgehead atoms. The number of carbonyl (C=O) groups excluding carboxylic acids is 1. The van der Waals surface area contributed by atoms with Crippen molar-refractivity contribution in [3.05, 3.63) is 66.2 Å². The molecule has 26 heavy (non-hydrogen) atoms. The Morgan fingerprint density at radius 2 is 2.08 bits per heavy atom. The highest BCUT2D eigenvalue weighted by atomic mass is 19.1. The average molecular weight is 353 g/mol. The highest BCUT2D eigenvalue weighted by molar-refractivity contribution is 5.79. The van der Waals surface area contributed by atoms with Crippen LogP contribution in [0.3, 0.4) is 0 Å².